The molecule has 0 N–H and O–H groups in total. The van der Waals surface area contributed by atoms with Crippen molar-refractivity contribution < 1.29 is 14.3 Å². The van der Waals surface area contributed by atoms with E-state index in [2.05, 4.69) is 4.68 Å². The van der Waals surface area contributed by atoms with E-state index in [0.717, 1.165) is 43.4 Å². The van der Waals surface area contributed by atoms with Gasteiger partial charge in [-0.05, 0) is 62.1 Å². The second kappa shape index (κ2) is 9.26. The zero-order valence-electron chi connectivity index (χ0n) is 21.2. The lowest BCUT2D eigenvalue weighted by Gasteiger charge is -2.55. The third-order valence-electron chi connectivity index (χ3n) is 8.60. The summed E-state index contributed by atoms with van der Waals surface area (Å²) in [7, 11) is 3.28. The minimum atomic E-state index is -0.0755. The van der Waals surface area contributed by atoms with Gasteiger partial charge >= 0.3 is 0 Å². The molecule has 2 atom stereocenters. The minimum Gasteiger partial charge on any atom is -0.497 e. The van der Waals surface area contributed by atoms with Crippen LogP contribution in [0.5, 0.6) is 11.5 Å². The standard InChI is InChI=1S/C29H34N4O3/c1-35-21-16-14-20(15-17-21)26-30-28-32(27(34)22-10-4-7-13-25(22)36-2)24-12-6-5-11-23(24)29(33(28)31-26)18-8-3-9-19-29/h4,7,10,13-17,23-24H,3,5-6,8-9,11-12,18-19H2,1-2H3/t23-,24+/m1/s1. The fourth-order valence-corrected chi connectivity index (χ4v) is 6.91. The van der Waals surface area contributed by atoms with E-state index >= 15 is 0 Å². The third kappa shape index (κ3) is 3.59. The number of carbonyl (C=O) groups excluding carboxylic acids is 1. The predicted molar refractivity (Wildman–Crippen MR) is 139 cm³/mol. The molecular formula is C29H34N4O3. The maximum absolute atomic E-state index is 14.2. The van der Waals surface area contributed by atoms with Crippen molar-refractivity contribution in [2.24, 2.45) is 5.92 Å². The van der Waals surface area contributed by atoms with E-state index in [-0.39, 0.29) is 17.5 Å². The third-order valence-corrected chi connectivity index (χ3v) is 8.60. The molecule has 2 aliphatic carbocycles. The highest BCUT2D eigenvalue weighted by molar-refractivity contribution is 6.07. The number of fused-ring (bicyclic) bond motifs is 4. The zero-order valence-corrected chi connectivity index (χ0v) is 21.2. The molecule has 2 aromatic carbocycles. The number of carbonyl (C=O) groups is 1. The molecule has 1 aromatic heterocycles. The predicted octanol–water partition coefficient (Wildman–Crippen LogP) is 5.84. The molecule has 2 saturated carbocycles. The molecule has 1 spiro atoms. The molecule has 36 heavy (non-hydrogen) atoms. The van der Waals surface area contributed by atoms with Crippen LogP contribution in [0.25, 0.3) is 11.4 Å². The van der Waals surface area contributed by atoms with Gasteiger partial charge in [-0.15, -0.1) is 5.10 Å². The van der Waals surface area contributed by atoms with Crippen molar-refractivity contribution in [3.63, 3.8) is 0 Å². The number of hydrogen-bond donors (Lipinski definition) is 0. The minimum absolute atomic E-state index is 0.0510. The maximum atomic E-state index is 14.2. The largest absolute Gasteiger partial charge is 0.497 e. The highest BCUT2D eigenvalue weighted by Gasteiger charge is 2.55. The Morgan fingerprint density at radius 3 is 2.42 bits per heavy atom. The first kappa shape index (κ1) is 23.1. The average molecular weight is 487 g/mol. The number of amides is 1. The molecule has 1 aliphatic heterocycles. The Labute approximate surface area is 212 Å². The van der Waals surface area contributed by atoms with Crippen LogP contribution in [0.15, 0.2) is 48.5 Å². The number of ether oxygens (including phenoxy) is 2. The van der Waals surface area contributed by atoms with Gasteiger partial charge in [0.15, 0.2) is 5.82 Å². The van der Waals surface area contributed by atoms with Crippen LogP contribution in [0.1, 0.15) is 68.1 Å². The van der Waals surface area contributed by atoms with E-state index in [1.54, 1.807) is 14.2 Å². The number of methoxy groups -OCH3 is 2. The molecule has 0 radical (unpaired) electrons. The smallest absolute Gasteiger partial charge is 0.264 e. The number of nitrogens with zero attached hydrogens (tertiary/aromatic N) is 4. The lowest BCUT2D eigenvalue weighted by molar-refractivity contribution is 0.0313. The van der Waals surface area contributed by atoms with Gasteiger partial charge in [-0.2, -0.15) is 4.98 Å². The SMILES string of the molecule is COc1ccc(-c2nc3n(n2)C2(CCCCC2)[C@@H]2CCCC[C@@H]2N3C(=O)c2ccccc2OC)cc1. The second-order valence-electron chi connectivity index (χ2n) is 10.4. The van der Waals surface area contributed by atoms with Crippen LogP contribution in [0.2, 0.25) is 0 Å². The maximum Gasteiger partial charge on any atom is 0.264 e. The first-order chi connectivity index (χ1) is 17.7. The molecule has 7 heteroatoms. The van der Waals surface area contributed by atoms with Crippen LogP contribution in [0, 0.1) is 5.92 Å². The average Bonchev–Trinajstić information content (AvgIpc) is 3.40. The molecule has 7 nitrogen and oxygen atoms in total. The monoisotopic (exact) mass is 486 g/mol. The van der Waals surface area contributed by atoms with E-state index < -0.39 is 0 Å². The van der Waals surface area contributed by atoms with Crippen molar-refractivity contribution in [3.8, 4) is 22.9 Å². The summed E-state index contributed by atoms with van der Waals surface area (Å²) in [5.41, 5.74) is 1.43. The van der Waals surface area contributed by atoms with Crippen molar-refractivity contribution in [3.05, 3.63) is 54.1 Å². The summed E-state index contributed by atoms with van der Waals surface area (Å²) in [6, 6.07) is 15.5. The molecule has 188 valence electrons. The van der Waals surface area contributed by atoms with Crippen molar-refractivity contribution in [1.29, 1.82) is 0 Å². The van der Waals surface area contributed by atoms with Crippen LogP contribution in [-0.2, 0) is 5.54 Å². The number of rotatable bonds is 4. The first-order valence-electron chi connectivity index (χ1n) is 13.2. The fraction of sp³-hybridized carbons (Fsp3) is 0.483. The summed E-state index contributed by atoms with van der Waals surface area (Å²) < 4.78 is 13.1. The molecule has 0 saturated heterocycles. The molecular weight excluding hydrogens is 452 g/mol. The Kier molecular flexibility index (Phi) is 5.94. The van der Waals surface area contributed by atoms with E-state index in [1.807, 2.05) is 53.4 Å². The van der Waals surface area contributed by atoms with E-state index in [4.69, 9.17) is 19.6 Å². The topological polar surface area (TPSA) is 69.5 Å². The molecule has 0 unspecified atom stereocenters. The van der Waals surface area contributed by atoms with Crippen LogP contribution in [0.4, 0.5) is 5.95 Å². The summed E-state index contributed by atoms with van der Waals surface area (Å²) in [4.78, 5) is 21.3. The lowest BCUT2D eigenvalue weighted by Crippen LogP contribution is -2.61. The summed E-state index contributed by atoms with van der Waals surface area (Å²) in [6.45, 7) is 0. The summed E-state index contributed by atoms with van der Waals surface area (Å²) in [5, 5.41) is 5.15. The van der Waals surface area contributed by atoms with E-state index in [1.165, 1.54) is 25.7 Å². The molecule has 3 aromatic rings. The zero-order chi connectivity index (χ0) is 24.7. The molecule has 1 amide bonds. The summed E-state index contributed by atoms with van der Waals surface area (Å²) >= 11 is 0. The molecule has 2 fully saturated rings. The fourth-order valence-electron chi connectivity index (χ4n) is 6.91. The van der Waals surface area contributed by atoms with Crippen LogP contribution in [0.3, 0.4) is 0 Å². The van der Waals surface area contributed by atoms with E-state index in [0.29, 0.717) is 29.0 Å². The van der Waals surface area contributed by atoms with Gasteiger partial charge in [0, 0.05) is 17.5 Å². The quantitative estimate of drug-likeness (QED) is 0.463. The van der Waals surface area contributed by atoms with Gasteiger partial charge in [-0.3, -0.25) is 9.69 Å². The van der Waals surface area contributed by atoms with Crippen LogP contribution < -0.4 is 14.4 Å². The molecule has 0 bridgehead atoms. The number of hydrogen-bond acceptors (Lipinski definition) is 5. The van der Waals surface area contributed by atoms with Gasteiger partial charge < -0.3 is 9.47 Å². The highest BCUT2D eigenvalue weighted by Crippen LogP contribution is 2.53. The van der Waals surface area contributed by atoms with Crippen molar-refractivity contribution in [2.75, 3.05) is 19.1 Å². The Hall–Kier alpha value is -3.35. The Bertz CT molecular complexity index is 1250. The van der Waals surface area contributed by atoms with Gasteiger partial charge in [0.25, 0.3) is 5.91 Å². The molecule has 2 heterocycles. The second-order valence-corrected chi connectivity index (χ2v) is 10.4. The first-order valence-corrected chi connectivity index (χ1v) is 13.2. The number of benzene rings is 2. The Morgan fingerprint density at radius 1 is 0.917 bits per heavy atom. The van der Waals surface area contributed by atoms with Crippen LogP contribution in [-0.4, -0.2) is 40.9 Å². The van der Waals surface area contributed by atoms with Gasteiger partial charge in [-0.25, -0.2) is 4.68 Å². The van der Waals surface area contributed by atoms with Crippen molar-refractivity contribution >= 4 is 11.9 Å². The summed E-state index contributed by atoms with van der Waals surface area (Å²) in [5.74, 6) is 3.06. The van der Waals surface area contributed by atoms with E-state index in [9.17, 15) is 4.79 Å². The Morgan fingerprint density at radius 2 is 1.67 bits per heavy atom. The van der Waals surface area contributed by atoms with Crippen LogP contribution >= 0.6 is 0 Å². The van der Waals surface area contributed by atoms with Gasteiger partial charge in [0.1, 0.15) is 11.5 Å². The molecule has 6 rings (SSSR count). The molecule has 3 aliphatic rings. The summed E-state index contributed by atoms with van der Waals surface area (Å²) in [6.07, 6.45) is 10.3. The highest BCUT2D eigenvalue weighted by atomic mass is 16.5. The van der Waals surface area contributed by atoms with Crippen molar-refractivity contribution in [1.82, 2.24) is 14.8 Å². The van der Waals surface area contributed by atoms with Gasteiger partial charge in [0.05, 0.1) is 25.3 Å². The number of aromatic nitrogens is 3. The number of anilines is 1. The number of para-hydroxylation sites is 1. The van der Waals surface area contributed by atoms with Crippen molar-refractivity contribution in [2.45, 2.75) is 69.4 Å². The normalized spacial score (nSPS) is 22.6. The Balaban J connectivity index is 1.53. The van der Waals surface area contributed by atoms with Gasteiger partial charge in [0.2, 0.25) is 5.95 Å². The van der Waals surface area contributed by atoms with Gasteiger partial charge in [-0.1, -0.05) is 44.2 Å². The lowest BCUT2D eigenvalue weighted by atomic mass is 9.64.